The molecule has 5 nitrogen and oxygen atoms in total. The van der Waals surface area contributed by atoms with Gasteiger partial charge in [0, 0.05) is 37.8 Å². The zero-order valence-corrected chi connectivity index (χ0v) is 24.6. The molecular weight excluding hydrogens is 516 g/mol. The summed E-state index contributed by atoms with van der Waals surface area (Å²) < 4.78 is 0. The fourth-order valence-electron chi connectivity index (χ4n) is 6.76. The molecule has 1 atom stereocenters. The fraction of sp³-hybridized carbons (Fsp3) is 0.529. The van der Waals surface area contributed by atoms with Crippen molar-refractivity contribution in [2.45, 2.75) is 67.4 Å². The van der Waals surface area contributed by atoms with Crippen LogP contribution in [-0.2, 0) is 5.41 Å². The second kappa shape index (κ2) is 14.3. The molecule has 0 aromatic heterocycles. The van der Waals surface area contributed by atoms with Gasteiger partial charge in [0.15, 0.2) is 0 Å². The molecule has 4 N–H and O–H groups in total. The van der Waals surface area contributed by atoms with Crippen molar-refractivity contribution < 1.29 is 5.11 Å². The lowest BCUT2D eigenvalue weighted by Crippen LogP contribution is -2.48. The highest BCUT2D eigenvalue weighted by atomic mass is 35.5. The highest BCUT2D eigenvalue weighted by molar-refractivity contribution is 6.22. The normalized spacial score (nSPS) is 22.2. The monoisotopic (exact) mass is 562 g/mol. The first-order valence-corrected chi connectivity index (χ1v) is 15.7. The summed E-state index contributed by atoms with van der Waals surface area (Å²) in [6, 6.07) is 22.7. The number of nitrogens with one attached hydrogen (secondary N) is 3. The Morgan fingerprint density at radius 3 is 2.23 bits per heavy atom. The summed E-state index contributed by atoms with van der Waals surface area (Å²) in [6.45, 7) is 6.81. The number of likely N-dealkylation sites (tertiary alicyclic amines) is 1. The van der Waals surface area contributed by atoms with Crippen molar-refractivity contribution in [1.82, 2.24) is 20.9 Å². The average Bonchev–Trinajstić information content (AvgIpc) is 3.01. The van der Waals surface area contributed by atoms with E-state index in [1.807, 2.05) is 12.2 Å². The van der Waals surface area contributed by atoms with E-state index < -0.39 is 5.60 Å². The second-order valence-corrected chi connectivity index (χ2v) is 12.5. The molecular formula is C34H47ClN4O. The van der Waals surface area contributed by atoms with Gasteiger partial charge in [-0.05, 0) is 81.3 Å². The third-order valence-corrected chi connectivity index (χ3v) is 9.60. The Bertz CT molecular complexity index is 1050. The van der Waals surface area contributed by atoms with Gasteiger partial charge in [-0.25, -0.2) is 0 Å². The van der Waals surface area contributed by atoms with Gasteiger partial charge in [0.1, 0.15) is 0 Å². The maximum Gasteiger partial charge on any atom is 0.0917 e. The molecule has 0 saturated carbocycles. The van der Waals surface area contributed by atoms with Crippen LogP contribution in [0.1, 0.15) is 56.1 Å². The Morgan fingerprint density at radius 1 is 0.975 bits per heavy atom. The van der Waals surface area contributed by atoms with Gasteiger partial charge in [0.05, 0.1) is 11.0 Å². The highest BCUT2D eigenvalue weighted by Crippen LogP contribution is 2.37. The number of benzene rings is 2. The van der Waals surface area contributed by atoms with Crippen molar-refractivity contribution in [3.63, 3.8) is 0 Å². The van der Waals surface area contributed by atoms with Gasteiger partial charge >= 0.3 is 0 Å². The van der Waals surface area contributed by atoms with Crippen molar-refractivity contribution in [2.75, 3.05) is 45.9 Å². The summed E-state index contributed by atoms with van der Waals surface area (Å²) >= 11 is 6.22. The predicted octanol–water partition coefficient (Wildman–Crippen LogP) is 4.96. The molecule has 2 saturated heterocycles. The van der Waals surface area contributed by atoms with Gasteiger partial charge in [-0.2, -0.15) is 0 Å². The number of hydrogen-bond acceptors (Lipinski definition) is 5. The van der Waals surface area contributed by atoms with Gasteiger partial charge in [-0.3, -0.25) is 0 Å². The van der Waals surface area contributed by atoms with Crippen LogP contribution >= 0.6 is 11.6 Å². The highest BCUT2D eigenvalue weighted by Gasteiger charge is 2.37. The number of hydrogen-bond donors (Lipinski definition) is 4. The number of allylic oxidation sites excluding steroid dienone is 2. The summed E-state index contributed by atoms with van der Waals surface area (Å²) in [7, 11) is 0. The van der Waals surface area contributed by atoms with E-state index in [1.165, 1.54) is 24.0 Å². The van der Waals surface area contributed by atoms with Crippen LogP contribution in [0.2, 0.25) is 0 Å². The third kappa shape index (κ3) is 7.44. The molecule has 2 heterocycles. The van der Waals surface area contributed by atoms with E-state index >= 15 is 0 Å². The minimum absolute atomic E-state index is 0.0526. The molecule has 40 heavy (non-hydrogen) atoms. The molecule has 5 rings (SSSR count). The van der Waals surface area contributed by atoms with Gasteiger partial charge in [0.25, 0.3) is 0 Å². The average molecular weight is 563 g/mol. The van der Waals surface area contributed by atoms with E-state index in [9.17, 15) is 5.11 Å². The van der Waals surface area contributed by atoms with E-state index in [1.54, 1.807) is 0 Å². The maximum atomic E-state index is 11.4. The molecule has 2 aliphatic heterocycles. The minimum Gasteiger partial charge on any atom is -0.385 e. The molecule has 0 bridgehead atoms. The summed E-state index contributed by atoms with van der Waals surface area (Å²) in [6.07, 6.45) is 13.1. The molecule has 216 valence electrons. The van der Waals surface area contributed by atoms with Crippen LogP contribution in [0.15, 0.2) is 84.5 Å². The lowest BCUT2D eigenvalue weighted by molar-refractivity contribution is 0.0111. The summed E-state index contributed by atoms with van der Waals surface area (Å²) in [5.74, 6) is 0. The maximum absolute atomic E-state index is 11.4. The van der Waals surface area contributed by atoms with Crippen LogP contribution in [0, 0.1) is 0 Å². The van der Waals surface area contributed by atoms with Gasteiger partial charge < -0.3 is 26.0 Å². The van der Waals surface area contributed by atoms with Gasteiger partial charge in [-0.15, -0.1) is 11.6 Å². The standard InChI is InChI=1S/C34H47ClN4O/c35-31-14-12-30(13-15-31)34(40)19-24-39(25-20-34)23-7-18-33(28-8-3-1-4-9-28,29-10-5-2-6-11-29)26-37-27-38-32-16-21-36-22-17-32/h1-6,8-14,31-32,36-38,40H,7,15-27H2. The molecule has 2 aromatic rings. The first-order valence-electron chi connectivity index (χ1n) is 15.3. The van der Waals surface area contributed by atoms with Gasteiger partial charge in [-0.1, -0.05) is 78.9 Å². The van der Waals surface area contributed by atoms with E-state index in [0.29, 0.717) is 6.04 Å². The SMILES string of the molecule is OC1(C2=CCC(Cl)C=C2)CCN(CCCC(CNCNC2CCNCC2)(c2ccccc2)c2ccccc2)CC1. The van der Waals surface area contributed by atoms with Gasteiger partial charge in [0.2, 0.25) is 0 Å². The molecule has 6 heteroatoms. The number of halogens is 1. The largest absolute Gasteiger partial charge is 0.385 e. The summed E-state index contributed by atoms with van der Waals surface area (Å²) in [4.78, 5) is 2.54. The van der Waals surface area contributed by atoms with E-state index in [2.05, 4.69) is 87.6 Å². The third-order valence-electron chi connectivity index (χ3n) is 9.28. The molecule has 1 aliphatic carbocycles. The first kappa shape index (κ1) is 29.5. The number of piperidine rings is 2. The minimum atomic E-state index is -0.715. The number of rotatable bonds is 12. The Kier molecular flexibility index (Phi) is 10.5. The quantitative estimate of drug-likeness (QED) is 0.167. The van der Waals surface area contributed by atoms with Crippen LogP contribution in [0.3, 0.4) is 0 Å². The number of nitrogens with zero attached hydrogens (tertiary/aromatic N) is 1. The lowest BCUT2D eigenvalue weighted by atomic mass is 9.71. The summed E-state index contributed by atoms with van der Waals surface area (Å²) in [5.41, 5.74) is 2.98. The van der Waals surface area contributed by atoms with Crippen molar-refractivity contribution in [1.29, 1.82) is 0 Å². The zero-order chi connectivity index (χ0) is 27.7. The fourth-order valence-corrected chi connectivity index (χ4v) is 6.92. The first-order chi connectivity index (χ1) is 19.6. The zero-order valence-electron chi connectivity index (χ0n) is 23.8. The second-order valence-electron chi connectivity index (χ2n) is 11.9. The molecule has 0 radical (unpaired) electrons. The predicted molar refractivity (Wildman–Crippen MR) is 167 cm³/mol. The van der Waals surface area contributed by atoms with Crippen LogP contribution < -0.4 is 16.0 Å². The van der Waals surface area contributed by atoms with E-state index in [-0.39, 0.29) is 10.8 Å². The molecule has 2 fully saturated rings. The number of aliphatic hydroxyl groups is 1. The van der Waals surface area contributed by atoms with E-state index in [4.69, 9.17) is 11.6 Å². The van der Waals surface area contributed by atoms with Crippen molar-refractivity contribution in [3.05, 3.63) is 95.6 Å². The van der Waals surface area contributed by atoms with Crippen LogP contribution in [-0.4, -0.2) is 73.0 Å². The lowest BCUT2D eigenvalue weighted by Gasteiger charge is -2.41. The topological polar surface area (TPSA) is 59.6 Å². The summed E-state index contributed by atoms with van der Waals surface area (Å²) in [5, 5.41) is 22.4. The molecule has 0 amide bonds. The van der Waals surface area contributed by atoms with Crippen molar-refractivity contribution in [3.8, 4) is 0 Å². The number of alkyl halides is 1. The Hall–Kier alpha value is -1.99. The van der Waals surface area contributed by atoms with Crippen LogP contribution in [0.5, 0.6) is 0 Å². The molecule has 1 unspecified atom stereocenters. The smallest absolute Gasteiger partial charge is 0.0917 e. The molecule has 0 spiro atoms. The molecule has 3 aliphatic rings. The van der Waals surface area contributed by atoms with Crippen LogP contribution in [0.25, 0.3) is 0 Å². The Labute approximate surface area is 246 Å². The van der Waals surface area contributed by atoms with E-state index in [0.717, 1.165) is 83.6 Å². The van der Waals surface area contributed by atoms with Crippen molar-refractivity contribution >= 4 is 11.6 Å². The van der Waals surface area contributed by atoms with Crippen LogP contribution in [0.4, 0.5) is 0 Å². The Morgan fingerprint density at radius 2 is 1.62 bits per heavy atom. The van der Waals surface area contributed by atoms with Crippen molar-refractivity contribution in [2.24, 2.45) is 0 Å². The Balaban J connectivity index is 1.23. The molecule has 2 aromatic carbocycles.